The fourth-order valence-electron chi connectivity index (χ4n) is 3.56. The summed E-state index contributed by atoms with van der Waals surface area (Å²) in [6.45, 7) is 2.34. The van der Waals surface area contributed by atoms with Gasteiger partial charge in [-0.15, -0.1) is 11.8 Å². The van der Waals surface area contributed by atoms with Crippen molar-refractivity contribution >= 4 is 28.5 Å². The number of carbonyl (C=O) groups is 1. The number of fused-ring (bicyclic) bond motifs is 2. The number of carboxylic acid groups (broad SMARTS) is 1. The first-order valence-corrected chi connectivity index (χ1v) is 9.82. The molecule has 0 bridgehead atoms. The maximum Gasteiger partial charge on any atom is 0.327 e. The van der Waals surface area contributed by atoms with Crippen molar-refractivity contribution in [1.82, 2.24) is 4.57 Å². The molecular formula is C21H19NO4S. The summed E-state index contributed by atoms with van der Waals surface area (Å²) in [6, 6.07) is 14.9. The Hall–Kier alpha value is -2.73. The van der Waals surface area contributed by atoms with E-state index >= 15 is 0 Å². The summed E-state index contributed by atoms with van der Waals surface area (Å²) in [6.07, 6.45) is 0.554. The van der Waals surface area contributed by atoms with E-state index in [0.717, 1.165) is 21.9 Å². The average molecular weight is 381 g/mol. The summed E-state index contributed by atoms with van der Waals surface area (Å²) in [4.78, 5) is 24.2. The number of hydrogen-bond donors (Lipinski definition) is 1. The molecule has 2 heterocycles. The van der Waals surface area contributed by atoms with E-state index in [1.54, 1.807) is 0 Å². The van der Waals surface area contributed by atoms with Crippen LogP contribution in [0.25, 0.3) is 10.8 Å². The van der Waals surface area contributed by atoms with Gasteiger partial charge in [0.1, 0.15) is 11.1 Å². The van der Waals surface area contributed by atoms with E-state index < -0.39 is 12.0 Å². The summed E-state index contributed by atoms with van der Waals surface area (Å²) in [5, 5.41) is 12.3. The minimum absolute atomic E-state index is 0.291. The van der Waals surface area contributed by atoms with E-state index in [0.29, 0.717) is 29.6 Å². The van der Waals surface area contributed by atoms with Crippen molar-refractivity contribution in [3.05, 3.63) is 70.0 Å². The lowest BCUT2D eigenvalue weighted by Gasteiger charge is -2.17. The van der Waals surface area contributed by atoms with E-state index in [1.165, 1.54) is 22.4 Å². The van der Waals surface area contributed by atoms with Gasteiger partial charge in [0.15, 0.2) is 5.75 Å². The molecule has 0 amide bonds. The molecule has 1 atom stereocenters. The third kappa shape index (κ3) is 3.10. The average Bonchev–Trinajstić information content (AvgIpc) is 3.11. The molecule has 2 aromatic carbocycles. The van der Waals surface area contributed by atoms with Crippen LogP contribution in [-0.2, 0) is 11.2 Å². The maximum absolute atomic E-state index is 12.7. The zero-order valence-corrected chi connectivity index (χ0v) is 15.7. The molecule has 4 rings (SSSR count). The van der Waals surface area contributed by atoms with Gasteiger partial charge in [0.2, 0.25) is 0 Å². The SMILES string of the molecule is CCOc1c(Cc2cccc3ccccc23)cc(=O)n2c1SCC2C(=O)O. The number of hydrogen-bond acceptors (Lipinski definition) is 4. The fraction of sp³-hybridized carbons (Fsp3) is 0.238. The number of thioether (sulfide) groups is 1. The van der Waals surface area contributed by atoms with Gasteiger partial charge in [0.05, 0.1) is 6.61 Å². The Bertz CT molecular complexity index is 1080. The highest BCUT2D eigenvalue weighted by Gasteiger charge is 2.33. The number of benzene rings is 2. The molecule has 1 aromatic heterocycles. The molecule has 5 nitrogen and oxygen atoms in total. The number of nitrogens with zero attached hydrogens (tertiary/aromatic N) is 1. The van der Waals surface area contributed by atoms with Crippen molar-refractivity contribution < 1.29 is 14.6 Å². The van der Waals surface area contributed by atoms with Crippen LogP contribution in [0.5, 0.6) is 5.75 Å². The molecule has 1 aliphatic heterocycles. The molecule has 138 valence electrons. The van der Waals surface area contributed by atoms with Crippen LogP contribution in [0.1, 0.15) is 24.1 Å². The second kappa shape index (κ2) is 7.12. The van der Waals surface area contributed by atoms with Crippen molar-refractivity contribution in [2.45, 2.75) is 24.4 Å². The number of ether oxygens (including phenoxy) is 1. The molecule has 0 aliphatic carbocycles. The van der Waals surface area contributed by atoms with Gasteiger partial charge in [-0.1, -0.05) is 42.5 Å². The fourth-order valence-corrected chi connectivity index (χ4v) is 4.84. The van der Waals surface area contributed by atoms with Gasteiger partial charge in [-0.3, -0.25) is 9.36 Å². The second-order valence-electron chi connectivity index (χ2n) is 6.43. The monoisotopic (exact) mass is 381 g/mol. The number of rotatable bonds is 5. The van der Waals surface area contributed by atoms with Gasteiger partial charge in [0.25, 0.3) is 5.56 Å². The smallest absolute Gasteiger partial charge is 0.327 e. The predicted octanol–water partition coefficient (Wildman–Crippen LogP) is 3.72. The van der Waals surface area contributed by atoms with Crippen LogP contribution in [0.3, 0.4) is 0 Å². The van der Waals surface area contributed by atoms with E-state index in [-0.39, 0.29) is 5.56 Å². The van der Waals surface area contributed by atoms with Crippen molar-refractivity contribution in [3.63, 3.8) is 0 Å². The molecular weight excluding hydrogens is 362 g/mol. The molecule has 0 fully saturated rings. The number of aromatic nitrogens is 1. The highest BCUT2D eigenvalue weighted by molar-refractivity contribution is 7.99. The summed E-state index contributed by atoms with van der Waals surface area (Å²) in [5.41, 5.74) is 1.61. The minimum Gasteiger partial charge on any atom is -0.491 e. The quantitative estimate of drug-likeness (QED) is 0.729. The Morgan fingerprint density at radius 2 is 2.00 bits per heavy atom. The Morgan fingerprint density at radius 3 is 2.78 bits per heavy atom. The zero-order valence-electron chi connectivity index (χ0n) is 14.8. The molecule has 6 heteroatoms. The lowest BCUT2D eigenvalue weighted by atomic mass is 9.98. The summed E-state index contributed by atoms with van der Waals surface area (Å²) in [7, 11) is 0. The van der Waals surface area contributed by atoms with Gasteiger partial charge >= 0.3 is 5.97 Å². The molecule has 1 N–H and O–H groups in total. The Balaban J connectivity index is 1.85. The topological polar surface area (TPSA) is 68.5 Å². The van der Waals surface area contributed by atoms with Crippen LogP contribution in [0.4, 0.5) is 0 Å². The van der Waals surface area contributed by atoms with Crippen LogP contribution >= 0.6 is 11.8 Å². The standard InChI is InChI=1S/C21H19NO4S/c1-2-26-19-15(10-14-8-5-7-13-6-3-4-9-16(13)14)11-18(23)22-17(21(24)25)12-27-20(19)22/h3-9,11,17H,2,10,12H2,1H3,(H,24,25). The van der Waals surface area contributed by atoms with Crippen LogP contribution < -0.4 is 10.3 Å². The highest BCUT2D eigenvalue weighted by Crippen LogP contribution is 2.41. The summed E-state index contributed by atoms with van der Waals surface area (Å²) < 4.78 is 7.23. The van der Waals surface area contributed by atoms with Gasteiger partial charge in [-0.25, -0.2) is 4.79 Å². The molecule has 1 unspecified atom stereocenters. The number of carboxylic acids is 1. The lowest BCUT2D eigenvalue weighted by Crippen LogP contribution is -2.29. The number of aliphatic carboxylic acids is 1. The van der Waals surface area contributed by atoms with E-state index in [4.69, 9.17) is 4.74 Å². The van der Waals surface area contributed by atoms with Crippen LogP contribution in [0, 0.1) is 0 Å². The highest BCUT2D eigenvalue weighted by atomic mass is 32.2. The van der Waals surface area contributed by atoms with Gasteiger partial charge < -0.3 is 9.84 Å². The Labute approximate surface area is 160 Å². The second-order valence-corrected chi connectivity index (χ2v) is 7.43. The lowest BCUT2D eigenvalue weighted by molar-refractivity contribution is -0.140. The van der Waals surface area contributed by atoms with Crippen molar-refractivity contribution in [3.8, 4) is 5.75 Å². The molecule has 27 heavy (non-hydrogen) atoms. The van der Waals surface area contributed by atoms with E-state index in [1.807, 2.05) is 25.1 Å². The predicted molar refractivity (Wildman–Crippen MR) is 106 cm³/mol. The van der Waals surface area contributed by atoms with E-state index in [9.17, 15) is 14.7 Å². The third-order valence-corrected chi connectivity index (χ3v) is 5.90. The Morgan fingerprint density at radius 1 is 1.22 bits per heavy atom. The van der Waals surface area contributed by atoms with Crippen LogP contribution in [0.15, 0.2) is 58.4 Å². The largest absolute Gasteiger partial charge is 0.491 e. The third-order valence-electron chi connectivity index (χ3n) is 4.76. The molecule has 3 aromatic rings. The zero-order chi connectivity index (χ0) is 19.0. The van der Waals surface area contributed by atoms with E-state index in [2.05, 4.69) is 24.3 Å². The normalized spacial score (nSPS) is 15.7. The van der Waals surface area contributed by atoms with Gasteiger partial charge in [-0.05, 0) is 23.3 Å². The van der Waals surface area contributed by atoms with Crippen molar-refractivity contribution in [2.75, 3.05) is 12.4 Å². The number of pyridine rings is 1. The Kier molecular flexibility index (Phi) is 4.66. The van der Waals surface area contributed by atoms with Crippen molar-refractivity contribution in [1.29, 1.82) is 0 Å². The first-order valence-electron chi connectivity index (χ1n) is 8.83. The van der Waals surface area contributed by atoms with Gasteiger partial charge in [-0.2, -0.15) is 0 Å². The first kappa shape index (κ1) is 17.7. The molecule has 0 saturated heterocycles. The molecule has 0 radical (unpaired) electrons. The molecule has 0 saturated carbocycles. The molecule has 0 spiro atoms. The molecule has 1 aliphatic rings. The van der Waals surface area contributed by atoms with Crippen LogP contribution in [-0.4, -0.2) is 28.0 Å². The first-order chi connectivity index (χ1) is 13.1. The summed E-state index contributed by atoms with van der Waals surface area (Å²) in [5.74, 6) is -0.0334. The maximum atomic E-state index is 12.7. The minimum atomic E-state index is -0.993. The van der Waals surface area contributed by atoms with Crippen LogP contribution in [0.2, 0.25) is 0 Å². The van der Waals surface area contributed by atoms with Crippen molar-refractivity contribution in [2.24, 2.45) is 0 Å². The summed E-state index contributed by atoms with van der Waals surface area (Å²) >= 11 is 1.37. The van der Waals surface area contributed by atoms with Gasteiger partial charge in [0, 0.05) is 23.8 Å².